The summed E-state index contributed by atoms with van der Waals surface area (Å²) < 4.78 is 41.6. The van der Waals surface area contributed by atoms with Crippen molar-refractivity contribution < 1.29 is 22.8 Å². The van der Waals surface area contributed by atoms with Gasteiger partial charge in [0.05, 0.1) is 5.41 Å². The van der Waals surface area contributed by atoms with E-state index >= 15 is 0 Å². The summed E-state index contributed by atoms with van der Waals surface area (Å²) in [6, 6.07) is 7.71. The zero-order valence-corrected chi connectivity index (χ0v) is 19.8. The van der Waals surface area contributed by atoms with Crippen LogP contribution >= 0.6 is 11.6 Å². The molecule has 2 aromatic rings. The zero-order valence-electron chi connectivity index (χ0n) is 19.0. The SMILES string of the molecule is CN(C)C(CNC(=O)CC(c1ccncc1)C1(C(F)(F)F)CC1)Cc1ccc(C(N)=O)cc1Cl. The van der Waals surface area contributed by atoms with Gasteiger partial charge in [-0.3, -0.25) is 14.6 Å². The number of alkyl halides is 3. The van der Waals surface area contributed by atoms with E-state index in [1.165, 1.54) is 18.5 Å². The number of nitrogens with two attached hydrogens (primary N) is 1. The molecule has 1 saturated carbocycles. The van der Waals surface area contributed by atoms with E-state index in [0.29, 0.717) is 22.6 Å². The number of benzene rings is 1. The standard InChI is InChI=1S/C24H28ClF3N4O2/c1-32(2)18(11-16-3-4-17(22(29)34)12-20(16)25)14-31-21(33)13-19(15-5-9-30-10-6-15)23(7-8-23)24(26,27)28/h3-6,9-10,12,18-19H,7-8,11,13-14H2,1-2H3,(H2,29,34)(H,31,33). The Kier molecular flexibility index (Phi) is 7.88. The number of hydrogen-bond donors (Lipinski definition) is 2. The van der Waals surface area contributed by atoms with Crippen LogP contribution in [0.25, 0.3) is 0 Å². The highest BCUT2D eigenvalue weighted by Gasteiger charge is 2.67. The molecule has 1 aromatic carbocycles. The van der Waals surface area contributed by atoms with Crippen molar-refractivity contribution in [3.05, 3.63) is 64.4 Å². The van der Waals surface area contributed by atoms with Crippen molar-refractivity contribution in [2.75, 3.05) is 20.6 Å². The highest BCUT2D eigenvalue weighted by molar-refractivity contribution is 6.31. The zero-order chi connectivity index (χ0) is 25.1. The number of nitrogens with zero attached hydrogens (tertiary/aromatic N) is 2. The molecule has 1 heterocycles. The molecule has 1 aromatic heterocycles. The van der Waals surface area contributed by atoms with Crippen molar-refractivity contribution in [1.29, 1.82) is 0 Å². The predicted octanol–water partition coefficient (Wildman–Crippen LogP) is 3.94. The van der Waals surface area contributed by atoms with Crippen molar-refractivity contribution in [3.8, 4) is 0 Å². The van der Waals surface area contributed by atoms with E-state index in [2.05, 4.69) is 10.3 Å². The Balaban J connectivity index is 1.69. The predicted molar refractivity (Wildman–Crippen MR) is 123 cm³/mol. The van der Waals surface area contributed by atoms with Crippen LogP contribution in [-0.2, 0) is 11.2 Å². The molecule has 0 saturated heterocycles. The first kappa shape index (κ1) is 26.0. The van der Waals surface area contributed by atoms with Crippen molar-refractivity contribution in [2.24, 2.45) is 11.1 Å². The number of halogens is 4. The number of aromatic nitrogens is 1. The third kappa shape index (κ3) is 5.88. The second kappa shape index (κ2) is 10.3. The first-order chi connectivity index (χ1) is 15.9. The molecule has 0 aliphatic heterocycles. The van der Waals surface area contributed by atoms with Crippen LogP contribution < -0.4 is 11.1 Å². The van der Waals surface area contributed by atoms with Crippen LogP contribution in [0.4, 0.5) is 13.2 Å². The third-order valence-corrected chi connectivity index (χ3v) is 6.93. The van der Waals surface area contributed by atoms with Gasteiger partial charge in [0.1, 0.15) is 0 Å². The molecule has 2 atom stereocenters. The van der Waals surface area contributed by atoms with Crippen molar-refractivity contribution in [3.63, 3.8) is 0 Å². The van der Waals surface area contributed by atoms with Crippen LogP contribution in [0.5, 0.6) is 0 Å². The summed E-state index contributed by atoms with van der Waals surface area (Å²) in [4.78, 5) is 29.9. The lowest BCUT2D eigenvalue weighted by Gasteiger charge is -2.30. The lowest BCUT2D eigenvalue weighted by molar-refractivity contribution is -0.194. The molecule has 34 heavy (non-hydrogen) atoms. The van der Waals surface area contributed by atoms with E-state index in [1.807, 2.05) is 19.0 Å². The molecule has 0 bridgehead atoms. The average molecular weight is 497 g/mol. The largest absolute Gasteiger partial charge is 0.395 e. The summed E-state index contributed by atoms with van der Waals surface area (Å²) >= 11 is 6.30. The number of carbonyl (C=O) groups excluding carboxylic acids is 2. The summed E-state index contributed by atoms with van der Waals surface area (Å²) in [5.74, 6) is -2.00. The molecule has 1 aliphatic rings. The highest BCUT2D eigenvalue weighted by atomic mass is 35.5. The van der Waals surface area contributed by atoms with E-state index in [-0.39, 0.29) is 31.8 Å². The van der Waals surface area contributed by atoms with E-state index in [4.69, 9.17) is 17.3 Å². The minimum absolute atomic E-state index is 0.0108. The molecule has 10 heteroatoms. The van der Waals surface area contributed by atoms with Crippen LogP contribution in [0, 0.1) is 5.41 Å². The van der Waals surface area contributed by atoms with Gasteiger partial charge < -0.3 is 16.0 Å². The van der Waals surface area contributed by atoms with Crippen LogP contribution in [0.1, 0.15) is 46.7 Å². The van der Waals surface area contributed by atoms with E-state index in [9.17, 15) is 22.8 Å². The van der Waals surface area contributed by atoms with Crippen LogP contribution in [0.2, 0.25) is 5.02 Å². The quantitative estimate of drug-likeness (QED) is 0.521. The van der Waals surface area contributed by atoms with Gasteiger partial charge in [0, 0.05) is 47.9 Å². The molecule has 0 spiro atoms. The summed E-state index contributed by atoms with van der Waals surface area (Å²) in [5, 5.41) is 3.19. The van der Waals surface area contributed by atoms with Gasteiger partial charge in [0.15, 0.2) is 0 Å². The second-order valence-electron chi connectivity index (χ2n) is 8.99. The number of hydrogen-bond acceptors (Lipinski definition) is 4. The molecule has 6 nitrogen and oxygen atoms in total. The van der Waals surface area contributed by atoms with Crippen molar-refractivity contribution in [2.45, 2.75) is 43.8 Å². The monoisotopic (exact) mass is 496 g/mol. The number of rotatable bonds is 10. The number of carbonyl (C=O) groups is 2. The number of primary amides is 1. The summed E-state index contributed by atoms with van der Waals surface area (Å²) in [6.45, 7) is 0.224. The number of pyridine rings is 1. The third-order valence-electron chi connectivity index (χ3n) is 6.58. The fourth-order valence-electron chi connectivity index (χ4n) is 4.24. The van der Waals surface area contributed by atoms with Crippen LogP contribution in [-0.4, -0.2) is 54.6 Å². The van der Waals surface area contributed by atoms with E-state index in [1.54, 1.807) is 24.3 Å². The minimum Gasteiger partial charge on any atom is -0.366 e. The smallest absolute Gasteiger partial charge is 0.366 e. The van der Waals surface area contributed by atoms with Crippen molar-refractivity contribution >= 4 is 23.4 Å². The molecular weight excluding hydrogens is 469 g/mol. The second-order valence-corrected chi connectivity index (χ2v) is 9.39. The first-order valence-electron chi connectivity index (χ1n) is 10.9. The summed E-state index contributed by atoms with van der Waals surface area (Å²) in [6.07, 6.45) is -1.28. The molecule has 184 valence electrons. The maximum Gasteiger partial charge on any atom is 0.395 e. The van der Waals surface area contributed by atoms with Crippen LogP contribution in [0.3, 0.4) is 0 Å². The van der Waals surface area contributed by atoms with Gasteiger partial charge in [0.25, 0.3) is 0 Å². The first-order valence-corrected chi connectivity index (χ1v) is 11.3. The number of likely N-dealkylation sites (N-methyl/N-ethyl adjacent to an activating group) is 1. The maximum atomic E-state index is 13.9. The Morgan fingerprint density at radius 3 is 2.35 bits per heavy atom. The van der Waals surface area contributed by atoms with Crippen LogP contribution in [0.15, 0.2) is 42.7 Å². The lowest BCUT2D eigenvalue weighted by Crippen LogP contribution is -2.42. The van der Waals surface area contributed by atoms with E-state index < -0.39 is 29.3 Å². The molecule has 2 unspecified atom stereocenters. The lowest BCUT2D eigenvalue weighted by atomic mass is 9.80. The molecule has 2 amide bonds. The van der Waals surface area contributed by atoms with Gasteiger partial charge in [-0.2, -0.15) is 13.2 Å². The van der Waals surface area contributed by atoms with Crippen molar-refractivity contribution in [1.82, 2.24) is 15.2 Å². The Morgan fingerprint density at radius 2 is 1.85 bits per heavy atom. The Labute approximate surface area is 201 Å². The Hall–Kier alpha value is -2.65. The van der Waals surface area contributed by atoms with Gasteiger partial charge in [-0.05, 0) is 68.8 Å². The molecule has 1 aliphatic carbocycles. The average Bonchev–Trinajstić information content (AvgIpc) is 3.58. The minimum atomic E-state index is -4.39. The molecule has 0 radical (unpaired) electrons. The van der Waals surface area contributed by atoms with E-state index in [0.717, 1.165) is 5.56 Å². The Morgan fingerprint density at radius 1 is 1.21 bits per heavy atom. The molecule has 1 fully saturated rings. The highest BCUT2D eigenvalue weighted by Crippen LogP contribution is 2.66. The fraction of sp³-hybridized carbons (Fsp3) is 0.458. The van der Waals surface area contributed by atoms with Gasteiger partial charge >= 0.3 is 6.18 Å². The molecule has 3 rings (SSSR count). The number of amides is 2. The molecular formula is C24H28ClF3N4O2. The fourth-order valence-corrected chi connectivity index (χ4v) is 4.50. The van der Waals surface area contributed by atoms with Gasteiger partial charge in [-0.1, -0.05) is 17.7 Å². The van der Waals surface area contributed by atoms with Gasteiger partial charge in [-0.25, -0.2) is 0 Å². The summed E-state index contributed by atoms with van der Waals surface area (Å²) in [7, 11) is 3.68. The normalized spacial score (nSPS) is 16.7. The maximum absolute atomic E-state index is 13.9. The topological polar surface area (TPSA) is 88.3 Å². The molecule has 3 N–H and O–H groups in total. The van der Waals surface area contributed by atoms with Gasteiger partial charge in [-0.15, -0.1) is 0 Å². The van der Waals surface area contributed by atoms with Gasteiger partial charge in [0.2, 0.25) is 11.8 Å². The summed E-state index contributed by atoms with van der Waals surface area (Å²) in [5.41, 5.74) is 4.93. The Bertz CT molecular complexity index is 1030. The number of nitrogens with one attached hydrogen (secondary N) is 1.